The Balaban J connectivity index is 2.12. The minimum Gasteiger partial charge on any atom is -0.461 e. The lowest BCUT2D eigenvalue weighted by molar-refractivity contribution is 0.0519. The molecule has 0 unspecified atom stereocenters. The Kier molecular flexibility index (Phi) is 6.16. The van der Waals surface area contributed by atoms with Crippen molar-refractivity contribution in [2.24, 2.45) is 0 Å². The maximum atomic E-state index is 13.8. The highest BCUT2D eigenvalue weighted by Crippen LogP contribution is 2.36. The van der Waals surface area contributed by atoms with Gasteiger partial charge in [-0.05, 0) is 62.7 Å². The van der Waals surface area contributed by atoms with Crippen LogP contribution in [0.1, 0.15) is 56.2 Å². The summed E-state index contributed by atoms with van der Waals surface area (Å²) >= 11 is 6.02. The van der Waals surface area contributed by atoms with Crippen molar-refractivity contribution in [2.45, 2.75) is 20.8 Å². The number of halogens is 1. The van der Waals surface area contributed by atoms with E-state index in [9.17, 15) is 14.4 Å². The lowest BCUT2D eigenvalue weighted by Crippen LogP contribution is -2.10. The number of Topliss-reactive ketones (excluding diaryl/α,β-unsaturated/α-hetero) is 1. The van der Waals surface area contributed by atoms with Gasteiger partial charge in [0.25, 0.3) is 0 Å². The summed E-state index contributed by atoms with van der Waals surface area (Å²) in [6, 6.07) is 17.4. The fourth-order valence-corrected chi connectivity index (χ4v) is 3.98. The minimum absolute atomic E-state index is 0.141. The van der Waals surface area contributed by atoms with Crippen LogP contribution in [0.25, 0.3) is 16.6 Å². The predicted molar refractivity (Wildman–Crippen MR) is 128 cm³/mol. The van der Waals surface area contributed by atoms with Crippen molar-refractivity contribution in [1.29, 1.82) is 0 Å². The first-order valence-corrected chi connectivity index (χ1v) is 10.9. The maximum absolute atomic E-state index is 13.8. The summed E-state index contributed by atoms with van der Waals surface area (Å²) in [5.41, 5.74) is 4.10. The van der Waals surface area contributed by atoms with E-state index in [1.54, 1.807) is 53.9 Å². The van der Waals surface area contributed by atoms with Gasteiger partial charge in [0.15, 0.2) is 11.6 Å². The molecule has 0 bridgehead atoms. The van der Waals surface area contributed by atoms with Gasteiger partial charge in [-0.15, -0.1) is 0 Å². The van der Waals surface area contributed by atoms with E-state index in [-0.39, 0.29) is 23.9 Å². The van der Waals surface area contributed by atoms with Gasteiger partial charge < -0.3 is 9.14 Å². The van der Waals surface area contributed by atoms with Crippen LogP contribution in [0.3, 0.4) is 0 Å². The number of hydrogen-bond donors (Lipinski definition) is 0. The third-order valence-electron chi connectivity index (χ3n) is 5.49. The van der Waals surface area contributed by atoms with Gasteiger partial charge in [0.2, 0.25) is 0 Å². The summed E-state index contributed by atoms with van der Waals surface area (Å²) in [5, 5.41) is 0.512. The lowest BCUT2D eigenvalue weighted by Gasteiger charge is -2.09. The van der Waals surface area contributed by atoms with Crippen molar-refractivity contribution in [3.63, 3.8) is 0 Å². The van der Waals surface area contributed by atoms with Crippen LogP contribution >= 0.6 is 11.6 Å². The molecule has 0 aliphatic heterocycles. The number of carbonyl (C=O) groups is 3. The smallest absolute Gasteiger partial charge is 0.355 e. The van der Waals surface area contributed by atoms with Crippen LogP contribution in [-0.2, 0) is 4.74 Å². The molecule has 0 saturated carbocycles. The first-order chi connectivity index (χ1) is 15.8. The Hall–Kier alpha value is -3.70. The van der Waals surface area contributed by atoms with Crippen LogP contribution in [-0.4, -0.2) is 28.5 Å². The number of ketones is 2. The third-order valence-corrected chi connectivity index (χ3v) is 5.74. The molecule has 2 aromatic heterocycles. The molecule has 0 spiro atoms. The molecule has 0 N–H and O–H groups in total. The highest BCUT2D eigenvalue weighted by molar-refractivity contribution is 6.30. The molecule has 5 nitrogen and oxygen atoms in total. The second-order valence-electron chi connectivity index (χ2n) is 7.75. The molecule has 166 valence electrons. The van der Waals surface area contributed by atoms with Crippen molar-refractivity contribution >= 4 is 34.7 Å². The van der Waals surface area contributed by atoms with Gasteiger partial charge in [-0.1, -0.05) is 41.4 Å². The number of aromatic nitrogens is 1. The molecular weight excluding hydrogens is 438 g/mol. The summed E-state index contributed by atoms with van der Waals surface area (Å²) in [4.78, 5) is 39.0. The lowest BCUT2D eigenvalue weighted by atomic mass is 9.94. The number of ether oxygens (including phenoxy) is 1. The topological polar surface area (TPSA) is 64.9 Å². The number of carbonyl (C=O) groups excluding carboxylic acids is 3. The molecule has 0 fully saturated rings. The summed E-state index contributed by atoms with van der Waals surface area (Å²) in [7, 11) is 0. The maximum Gasteiger partial charge on any atom is 0.355 e. The van der Waals surface area contributed by atoms with E-state index in [1.807, 2.05) is 31.2 Å². The molecule has 0 atom stereocenters. The normalized spacial score (nSPS) is 10.9. The number of rotatable bonds is 6. The largest absolute Gasteiger partial charge is 0.461 e. The van der Waals surface area contributed by atoms with E-state index in [2.05, 4.69) is 0 Å². The Morgan fingerprint density at radius 1 is 0.939 bits per heavy atom. The zero-order valence-electron chi connectivity index (χ0n) is 18.5. The number of benzene rings is 2. The monoisotopic (exact) mass is 459 g/mol. The van der Waals surface area contributed by atoms with Crippen LogP contribution in [0, 0.1) is 6.92 Å². The van der Waals surface area contributed by atoms with Crippen LogP contribution < -0.4 is 0 Å². The van der Waals surface area contributed by atoms with Gasteiger partial charge in [-0.2, -0.15) is 0 Å². The van der Waals surface area contributed by atoms with E-state index >= 15 is 0 Å². The fourth-order valence-electron chi connectivity index (χ4n) is 3.85. The van der Waals surface area contributed by atoms with Crippen molar-refractivity contribution < 1.29 is 19.1 Å². The second-order valence-corrected chi connectivity index (χ2v) is 8.18. The summed E-state index contributed by atoms with van der Waals surface area (Å²) in [6.45, 7) is 5.34. The van der Waals surface area contributed by atoms with Crippen LogP contribution in [0.4, 0.5) is 0 Å². The third kappa shape index (κ3) is 4.20. The minimum atomic E-state index is -0.547. The van der Waals surface area contributed by atoms with Crippen LogP contribution in [0.2, 0.25) is 5.02 Å². The molecule has 4 rings (SSSR count). The molecule has 0 saturated heterocycles. The van der Waals surface area contributed by atoms with Crippen LogP contribution in [0.15, 0.2) is 66.9 Å². The molecule has 2 aromatic carbocycles. The predicted octanol–water partition coefficient (Wildman–Crippen LogP) is 6.18. The molecule has 6 heteroatoms. The molecule has 2 heterocycles. The summed E-state index contributed by atoms with van der Waals surface area (Å²) < 4.78 is 6.99. The summed E-state index contributed by atoms with van der Waals surface area (Å²) in [6.07, 6.45) is 1.63. The first-order valence-electron chi connectivity index (χ1n) is 10.5. The SMILES string of the molecule is CCOC(=O)c1c(-c2ccc(C)cc2)c(C(=O)c2ccc(Cl)cc2)c2cc(C(C)=O)ccn12. The second kappa shape index (κ2) is 9.04. The number of hydrogen-bond acceptors (Lipinski definition) is 4. The van der Waals surface area contributed by atoms with Crippen molar-refractivity contribution in [3.05, 3.63) is 99.8 Å². The Morgan fingerprint density at radius 2 is 1.61 bits per heavy atom. The summed E-state index contributed by atoms with van der Waals surface area (Å²) in [5.74, 6) is -0.969. The number of aryl methyl sites for hydroxylation is 1. The van der Waals surface area contributed by atoms with E-state index in [0.29, 0.717) is 38.4 Å². The molecule has 0 aliphatic carbocycles. The number of pyridine rings is 1. The number of esters is 1. The quantitative estimate of drug-likeness (QED) is 0.255. The molecule has 0 amide bonds. The van der Waals surface area contributed by atoms with Gasteiger partial charge >= 0.3 is 5.97 Å². The Labute approximate surface area is 196 Å². The van der Waals surface area contributed by atoms with E-state index in [1.165, 1.54) is 6.92 Å². The highest BCUT2D eigenvalue weighted by Gasteiger charge is 2.30. The first kappa shape index (κ1) is 22.5. The molecule has 33 heavy (non-hydrogen) atoms. The standard InChI is InChI=1S/C27H22ClNO4/c1-4-33-27(32)25-23(18-7-5-16(2)6-8-18)24(26(31)19-9-11-21(28)12-10-19)22-15-20(17(3)30)13-14-29(22)25/h5-15H,4H2,1-3H3. The number of nitrogens with zero attached hydrogens (tertiary/aromatic N) is 1. The van der Waals surface area contributed by atoms with E-state index < -0.39 is 5.97 Å². The fraction of sp³-hybridized carbons (Fsp3) is 0.148. The van der Waals surface area contributed by atoms with Gasteiger partial charge in [0.1, 0.15) is 5.69 Å². The zero-order valence-corrected chi connectivity index (χ0v) is 19.3. The van der Waals surface area contributed by atoms with E-state index in [4.69, 9.17) is 16.3 Å². The van der Waals surface area contributed by atoms with Crippen molar-refractivity contribution in [1.82, 2.24) is 4.40 Å². The molecule has 0 aliphatic rings. The van der Waals surface area contributed by atoms with Gasteiger partial charge in [0, 0.05) is 27.9 Å². The average Bonchev–Trinajstić information content (AvgIpc) is 3.14. The molecule has 4 aromatic rings. The Morgan fingerprint density at radius 3 is 2.21 bits per heavy atom. The van der Waals surface area contributed by atoms with Gasteiger partial charge in [-0.25, -0.2) is 4.79 Å². The van der Waals surface area contributed by atoms with E-state index in [0.717, 1.165) is 5.56 Å². The van der Waals surface area contributed by atoms with Crippen molar-refractivity contribution in [2.75, 3.05) is 6.61 Å². The average molecular weight is 460 g/mol. The van der Waals surface area contributed by atoms with Crippen molar-refractivity contribution in [3.8, 4) is 11.1 Å². The zero-order chi connectivity index (χ0) is 23.7. The van der Waals surface area contributed by atoms with Gasteiger partial charge in [-0.3, -0.25) is 9.59 Å². The number of fused-ring (bicyclic) bond motifs is 1. The van der Waals surface area contributed by atoms with Crippen LogP contribution in [0.5, 0.6) is 0 Å². The van der Waals surface area contributed by atoms with Gasteiger partial charge in [0.05, 0.1) is 17.7 Å². The molecular formula is C27H22ClNO4. The molecule has 0 radical (unpaired) electrons. The highest BCUT2D eigenvalue weighted by atomic mass is 35.5. The Bertz CT molecular complexity index is 1380.